The Labute approximate surface area is 225 Å². The second kappa shape index (κ2) is 11.1. The number of halogens is 2. The maximum atomic E-state index is 12.5. The second-order valence-electron chi connectivity index (χ2n) is 9.74. The number of rotatable bonds is 9. The van der Waals surface area contributed by atoms with Gasteiger partial charge in [0, 0.05) is 57.3 Å². The van der Waals surface area contributed by atoms with Crippen LogP contribution in [0.4, 0.5) is 5.82 Å². The number of nitrogens with one attached hydrogen (secondary N) is 1. The smallest absolute Gasteiger partial charge is 0.220 e. The summed E-state index contributed by atoms with van der Waals surface area (Å²) in [7, 11) is 0. The van der Waals surface area contributed by atoms with Gasteiger partial charge in [0.15, 0.2) is 10.5 Å². The lowest BCUT2D eigenvalue weighted by atomic mass is 10.0. The summed E-state index contributed by atoms with van der Waals surface area (Å²) in [5.74, 6) is 7.71. The number of likely N-dealkylation sites (tertiary alicyclic amines) is 1. The van der Waals surface area contributed by atoms with Crippen molar-refractivity contribution >= 4 is 56.7 Å². The maximum Gasteiger partial charge on any atom is 0.220 e. The van der Waals surface area contributed by atoms with Crippen LogP contribution in [0.25, 0.3) is 10.5 Å². The molecule has 11 heteroatoms. The van der Waals surface area contributed by atoms with Crippen molar-refractivity contribution in [2.75, 3.05) is 37.6 Å². The number of nitrogens with zero attached hydrogens (tertiary/aromatic N) is 5. The minimum atomic E-state index is 0.0268. The Morgan fingerprint density at radius 3 is 2.83 bits per heavy atom. The highest BCUT2D eigenvalue weighted by atomic mass is 35.5. The number of aromatic nitrogens is 3. The number of benzene rings is 1. The van der Waals surface area contributed by atoms with Crippen LogP contribution in [-0.2, 0) is 11.2 Å². The van der Waals surface area contributed by atoms with Gasteiger partial charge in [-0.15, -0.1) is 0 Å². The van der Waals surface area contributed by atoms with Crippen molar-refractivity contribution < 1.29 is 9.39 Å². The summed E-state index contributed by atoms with van der Waals surface area (Å²) in [5.41, 5.74) is 1.81. The predicted molar refractivity (Wildman–Crippen MR) is 145 cm³/mol. The number of hydrogen-bond acceptors (Lipinski definition) is 7. The number of nitrogens with two attached hydrogens (primary N) is 1. The van der Waals surface area contributed by atoms with Gasteiger partial charge in [-0.05, 0) is 25.0 Å². The van der Waals surface area contributed by atoms with Gasteiger partial charge >= 0.3 is 0 Å². The lowest BCUT2D eigenvalue weighted by molar-refractivity contribution is -0.956. The summed E-state index contributed by atoms with van der Waals surface area (Å²) in [6.45, 7) is 4.36. The molecular weight excluding hydrogens is 517 g/mol. The Morgan fingerprint density at radius 2 is 2.03 bits per heavy atom. The fraction of sp³-hybridized carbons (Fsp3) is 0.520. The van der Waals surface area contributed by atoms with Crippen molar-refractivity contribution in [3.63, 3.8) is 0 Å². The summed E-state index contributed by atoms with van der Waals surface area (Å²) in [4.78, 5) is 29.4. The molecular formula is C25H32Cl2N7OS+. The SMILES string of the molecule is N[N+]1(CCCNC(=O)CCc2nc3nc(N4CCCC4)cnc3s2)CCCC1c1ccc(Cl)c(Cl)c1. The van der Waals surface area contributed by atoms with Crippen LogP contribution in [0.3, 0.4) is 0 Å². The number of anilines is 1. The summed E-state index contributed by atoms with van der Waals surface area (Å²) < 4.78 is 0.471. The number of hydrogen-bond donors (Lipinski definition) is 2. The van der Waals surface area contributed by atoms with E-state index in [-0.39, 0.29) is 11.9 Å². The van der Waals surface area contributed by atoms with E-state index in [1.165, 1.54) is 24.2 Å². The van der Waals surface area contributed by atoms with E-state index in [1.54, 1.807) is 0 Å². The highest BCUT2D eigenvalue weighted by Gasteiger charge is 2.40. The Morgan fingerprint density at radius 1 is 1.19 bits per heavy atom. The van der Waals surface area contributed by atoms with Gasteiger partial charge in [-0.1, -0.05) is 40.6 Å². The average molecular weight is 550 g/mol. The molecule has 8 nitrogen and oxygen atoms in total. The summed E-state index contributed by atoms with van der Waals surface area (Å²) in [6, 6.07) is 5.99. The minimum absolute atomic E-state index is 0.0268. The van der Waals surface area contributed by atoms with Crippen molar-refractivity contribution in [2.24, 2.45) is 5.84 Å². The zero-order valence-corrected chi connectivity index (χ0v) is 22.6. The zero-order chi connectivity index (χ0) is 25.1. The van der Waals surface area contributed by atoms with Crippen LogP contribution in [-0.4, -0.2) is 58.2 Å². The molecule has 0 saturated carbocycles. The third-order valence-corrected chi connectivity index (χ3v) is 8.98. The van der Waals surface area contributed by atoms with Crippen molar-refractivity contribution in [3.8, 4) is 0 Å². The van der Waals surface area contributed by atoms with Crippen LogP contribution in [0.2, 0.25) is 10.0 Å². The maximum absolute atomic E-state index is 12.5. The van der Waals surface area contributed by atoms with Gasteiger partial charge in [0.05, 0.1) is 34.3 Å². The molecule has 0 spiro atoms. The highest BCUT2D eigenvalue weighted by Crippen LogP contribution is 2.38. The van der Waals surface area contributed by atoms with Crippen LogP contribution in [0.1, 0.15) is 55.1 Å². The first-order chi connectivity index (χ1) is 17.4. The number of thiazole rings is 1. The fourth-order valence-electron chi connectivity index (χ4n) is 5.32. The lowest BCUT2D eigenvalue weighted by Gasteiger charge is -2.35. The van der Waals surface area contributed by atoms with Crippen molar-refractivity contribution in [2.45, 2.75) is 51.0 Å². The van der Waals surface area contributed by atoms with E-state index in [1.807, 2.05) is 24.4 Å². The molecule has 1 aromatic carbocycles. The molecule has 2 aliphatic heterocycles. The topological polar surface area (TPSA) is 97.0 Å². The molecule has 36 heavy (non-hydrogen) atoms. The molecule has 1 amide bonds. The van der Waals surface area contributed by atoms with Gasteiger partial charge < -0.3 is 10.2 Å². The van der Waals surface area contributed by atoms with E-state index in [2.05, 4.69) is 25.2 Å². The van der Waals surface area contributed by atoms with Gasteiger partial charge in [0.2, 0.25) is 5.91 Å². The number of carbonyl (C=O) groups is 1. The normalized spacial score (nSPS) is 22.0. The molecule has 0 aliphatic carbocycles. The van der Waals surface area contributed by atoms with Crippen molar-refractivity contribution in [3.05, 3.63) is 45.0 Å². The molecule has 3 aromatic rings. The van der Waals surface area contributed by atoms with Gasteiger partial charge in [0.25, 0.3) is 0 Å². The summed E-state index contributed by atoms with van der Waals surface area (Å²) in [5, 5.41) is 5.05. The Balaban J connectivity index is 1.08. The highest BCUT2D eigenvalue weighted by molar-refractivity contribution is 7.18. The molecule has 5 rings (SSSR count). The molecule has 2 saturated heterocycles. The van der Waals surface area contributed by atoms with E-state index >= 15 is 0 Å². The average Bonchev–Trinajstić information content (AvgIpc) is 3.62. The van der Waals surface area contributed by atoms with E-state index in [4.69, 9.17) is 29.0 Å². The number of aryl methyl sites for hydroxylation is 1. The fourth-order valence-corrected chi connectivity index (χ4v) is 6.47. The molecule has 2 unspecified atom stereocenters. The third kappa shape index (κ3) is 5.75. The van der Waals surface area contributed by atoms with E-state index in [0.717, 1.165) is 66.7 Å². The van der Waals surface area contributed by atoms with Gasteiger partial charge in [0.1, 0.15) is 11.9 Å². The quantitative estimate of drug-likeness (QED) is 0.229. The first kappa shape index (κ1) is 25.6. The van der Waals surface area contributed by atoms with Crippen LogP contribution < -0.4 is 16.1 Å². The monoisotopic (exact) mass is 548 g/mol. The van der Waals surface area contributed by atoms with Crippen molar-refractivity contribution in [1.82, 2.24) is 20.3 Å². The largest absolute Gasteiger partial charge is 0.356 e. The first-order valence-corrected chi connectivity index (χ1v) is 14.2. The van der Waals surface area contributed by atoms with Gasteiger partial charge in [-0.3, -0.25) is 4.79 Å². The number of quaternary nitrogens is 1. The Kier molecular flexibility index (Phi) is 7.93. The van der Waals surface area contributed by atoms with Crippen LogP contribution in [0.15, 0.2) is 24.4 Å². The molecule has 2 aliphatic rings. The second-order valence-corrected chi connectivity index (χ2v) is 11.6. The Bertz CT molecular complexity index is 1230. The molecule has 4 heterocycles. The minimum Gasteiger partial charge on any atom is -0.356 e. The predicted octanol–water partition coefficient (Wildman–Crippen LogP) is 4.66. The van der Waals surface area contributed by atoms with E-state index < -0.39 is 0 Å². The third-order valence-electron chi connectivity index (χ3n) is 7.22. The van der Waals surface area contributed by atoms with E-state index in [9.17, 15) is 4.79 Å². The summed E-state index contributed by atoms with van der Waals surface area (Å²) in [6.07, 6.45) is 8.11. The molecule has 0 bridgehead atoms. The molecule has 0 radical (unpaired) electrons. The van der Waals surface area contributed by atoms with Gasteiger partial charge in [-0.2, -0.15) is 5.84 Å². The Hall–Kier alpha value is -2.04. The van der Waals surface area contributed by atoms with Crippen LogP contribution in [0.5, 0.6) is 0 Å². The number of fused-ring (bicyclic) bond motifs is 1. The summed E-state index contributed by atoms with van der Waals surface area (Å²) >= 11 is 13.8. The van der Waals surface area contributed by atoms with E-state index in [0.29, 0.717) is 39.7 Å². The standard InChI is InChI=1S/C25H31Cl2N7OS/c26-18-7-6-17(15-19(18)27)20-5-3-13-34(20,28)14-4-10-29-22(35)8-9-23-32-24-25(36-23)30-16-21(31-24)33-11-1-2-12-33/h6-7,15-16,20H,1-5,8-14,28H2/p+1. The number of amides is 1. The number of carbonyl (C=O) groups excluding carboxylic acids is 1. The zero-order valence-electron chi connectivity index (χ0n) is 20.3. The molecule has 192 valence electrons. The van der Waals surface area contributed by atoms with Gasteiger partial charge in [-0.25, -0.2) is 19.5 Å². The molecule has 3 N–H and O–H groups in total. The molecule has 2 aromatic heterocycles. The van der Waals surface area contributed by atoms with Crippen LogP contribution >= 0.6 is 34.5 Å². The molecule has 2 fully saturated rings. The first-order valence-electron chi connectivity index (χ1n) is 12.7. The van der Waals surface area contributed by atoms with Crippen LogP contribution in [0, 0.1) is 0 Å². The lowest BCUT2D eigenvalue weighted by Crippen LogP contribution is -2.54. The molecule has 2 atom stereocenters. The van der Waals surface area contributed by atoms with Crippen molar-refractivity contribution in [1.29, 1.82) is 0 Å².